The summed E-state index contributed by atoms with van der Waals surface area (Å²) < 4.78 is 62.8. The Hall–Kier alpha value is -5.97. The van der Waals surface area contributed by atoms with E-state index < -0.39 is 57.1 Å². The van der Waals surface area contributed by atoms with E-state index in [2.05, 4.69) is 20.5 Å². The van der Waals surface area contributed by atoms with Gasteiger partial charge in [0.25, 0.3) is 31.6 Å². The van der Waals surface area contributed by atoms with Crippen molar-refractivity contribution in [1.29, 1.82) is 0 Å². The minimum atomic E-state index is -4.69. The van der Waals surface area contributed by atoms with Gasteiger partial charge in [-0.2, -0.15) is 27.1 Å². The summed E-state index contributed by atoms with van der Waals surface area (Å²) in [7, 11) is -9.31. The standard InChI is InChI=1S/C12H11N5O6S.C12H9N5O6S.Cr/c2*13-7-4-8(14)12(24(21,22)23)5-9(7)15-16-10-3-6(17(19)20)1-2-11(10)18;/h1-5,18H,13-14H2,(H,21,22,23);1-5H,(H4-2,13,14,15,16,18,21,22,23);/q;-2;+3/p-1. The van der Waals surface area contributed by atoms with E-state index in [9.17, 15) is 47.3 Å². The first-order chi connectivity index (χ1) is 22.2. The van der Waals surface area contributed by atoms with Crippen LogP contribution in [0.15, 0.2) is 90.9 Å². The number of hydrogen-bond donors (Lipinski definition) is 5. The van der Waals surface area contributed by atoms with Gasteiger partial charge in [0, 0.05) is 24.3 Å². The number of anilines is 2. The summed E-state index contributed by atoms with van der Waals surface area (Å²) in [5.41, 5.74) is 22.9. The topological polar surface area (TPSA) is 387 Å². The number of nitro benzene ring substituents is 2. The molecule has 0 aliphatic rings. The Bertz CT molecular complexity index is 2080. The van der Waals surface area contributed by atoms with Crippen LogP contribution in [0.1, 0.15) is 0 Å². The Kier molecular flexibility index (Phi) is 12.2. The number of hydrogen-bond acceptors (Lipinski definition) is 16. The molecule has 22 nitrogen and oxygen atoms in total. The average molecular weight is 756 g/mol. The molecule has 0 bridgehead atoms. The molecule has 0 aliphatic carbocycles. The fraction of sp³-hybridized carbons (Fsp3) is 0. The van der Waals surface area contributed by atoms with E-state index in [1.54, 1.807) is 0 Å². The largest absolute Gasteiger partial charge is 3.00 e. The summed E-state index contributed by atoms with van der Waals surface area (Å²) >= 11 is 0. The van der Waals surface area contributed by atoms with Crippen molar-refractivity contribution in [3.05, 3.63) is 92.4 Å². The minimum absolute atomic E-state index is 0. The first-order valence-corrected chi connectivity index (χ1v) is 15.1. The maximum Gasteiger partial charge on any atom is 3.00 e. The van der Waals surface area contributed by atoms with E-state index in [0.717, 1.165) is 60.7 Å². The van der Waals surface area contributed by atoms with Gasteiger partial charge in [0.2, 0.25) is 0 Å². The van der Waals surface area contributed by atoms with Crippen LogP contribution < -0.4 is 16.6 Å². The Morgan fingerprint density at radius 2 is 1.10 bits per heavy atom. The second-order valence-electron chi connectivity index (χ2n) is 9.00. The van der Waals surface area contributed by atoms with Crippen molar-refractivity contribution in [2.75, 3.05) is 11.5 Å². The van der Waals surface area contributed by atoms with Gasteiger partial charge in [-0.15, -0.1) is 21.6 Å². The molecular weight excluding hydrogens is 736 g/mol. The molecule has 4 rings (SSSR count). The van der Waals surface area contributed by atoms with Gasteiger partial charge in [0.05, 0.1) is 37.5 Å². The van der Waals surface area contributed by atoms with Gasteiger partial charge in [-0.25, -0.2) is 0 Å². The van der Waals surface area contributed by atoms with Crippen molar-refractivity contribution >= 4 is 77.1 Å². The second kappa shape index (κ2) is 15.3. The fourth-order valence-electron chi connectivity index (χ4n) is 3.40. The van der Waals surface area contributed by atoms with E-state index >= 15 is 0 Å². The molecule has 0 heterocycles. The molecule has 0 aliphatic heterocycles. The SMILES string of the molecule is Nc1cc(N)c(S(=O)(=O)O)cc1N=Nc1cc([N+](=O)[O-])ccc1[O-].[Cr+3].[NH-]c1cc([NH-])c(S(=O)(=O)O)cc1N=Nc1cc([N+](=O)[O-])ccc1O. The monoisotopic (exact) mass is 755 g/mol. The number of benzene rings is 4. The van der Waals surface area contributed by atoms with Crippen molar-refractivity contribution in [2.24, 2.45) is 20.5 Å². The van der Waals surface area contributed by atoms with Crippen molar-refractivity contribution in [3.8, 4) is 11.5 Å². The summed E-state index contributed by atoms with van der Waals surface area (Å²) in [6.07, 6.45) is 0. The molecule has 0 saturated heterocycles. The maximum absolute atomic E-state index is 11.6. The molecule has 1 radical (unpaired) electrons. The third kappa shape index (κ3) is 10.0. The van der Waals surface area contributed by atoms with E-state index in [1.807, 2.05) is 0 Å². The van der Waals surface area contributed by atoms with Gasteiger partial charge < -0.3 is 33.1 Å². The average Bonchev–Trinajstić information content (AvgIpc) is 2.96. The quantitative estimate of drug-likeness (QED) is 0.0465. The summed E-state index contributed by atoms with van der Waals surface area (Å²) in [4.78, 5) is 18.6. The maximum atomic E-state index is 11.6. The first-order valence-electron chi connectivity index (χ1n) is 12.2. The van der Waals surface area contributed by atoms with Gasteiger partial charge in [-0.1, -0.05) is 17.9 Å². The van der Waals surface area contributed by atoms with Crippen molar-refractivity contribution in [1.82, 2.24) is 0 Å². The molecule has 4 aromatic carbocycles. The fourth-order valence-corrected chi connectivity index (χ4v) is 4.61. The zero-order valence-corrected chi connectivity index (χ0v) is 26.8. The van der Waals surface area contributed by atoms with E-state index in [4.69, 9.17) is 32.0 Å². The van der Waals surface area contributed by atoms with Crippen LogP contribution in [-0.2, 0) is 37.6 Å². The zero-order valence-electron chi connectivity index (χ0n) is 23.9. The van der Waals surface area contributed by atoms with Crippen LogP contribution in [0.5, 0.6) is 11.5 Å². The van der Waals surface area contributed by atoms with Gasteiger partial charge in [-0.3, -0.25) is 29.3 Å². The van der Waals surface area contributed by atoms with Crippen LogP contribution in [0, 0.1) is 20.2 Å². The number of azo groups is 2. The second-order valence-corrected chi connectivity index (χ2v) is 11.8. The Morgan fingerprint density at radius 1 is 0.633 bits per heavy atom. The van der Waals surface area contributed by atoms with Crippen LogP contribution in [0.25, 0.3) is 11.5 Å². The molecule has 255 valence electrons. The van der Waals surface area contributed by atoms with Crippen molar-refractivity contribution in [3.63, 3.8) is 0 Å². The van der Waals surface area contributed by atoms with Crippen LogP contribution in [-0.4, -0.2) is 40.9 Å². The zero-order chi connectivity index (χ0) is 36.1. The minimum Gasteiger partial charge on any atom is -0.871 e. The van der Waals surface area contributed by atoms with E-state index in [-0.39, 0.29) is 68.5 Å². The number of aromatic hydroxyl groups is 1. The molecule has 0 amide bonds. The first kappa shape index (κ1) is 39.2. The number of phenolic OH excluding ortho intramolecular Hbond substituents is 1. The van der Waals surface area contributed by atoms with Gasteiger partial charge in [0.15, 0.2) is 0 Å². The number of nitrogens with two attached hydrogens (primary N) is 2. The molecule has 0 spiro atoms. The van der Waals surface area contributed by atoms with Crippen molar-refractivity contribution < 1.29 is 63.4 Å². The summed E-state index contributed by atoms with van der Waals surface area (Å²) in [6, 6.07) is 9.39. The number of rotatable bonds is 8. The van der Waals surface area contributed by atoms with Crippen LogP contribution in [0.4, 0.5) is 56.9 Å². The predicted molar refractivity (Wildman–Crippen MR) is 165 cm³/mol. The normalized spacial score (nSPS) is 11.5. The molecule has 25 heteroatoms. The van der Waals surface area contributed by atoms with E-state index in [1.165, 1.54) is 0 Å². The van der Waals surface area contributed by atoms with Gasteiger partial charge >= 0.3 is 17.4 Å². The van der Waals surface area contributed by atoms with Crippen LogP contribution in [0.3, 0.4) is 0 Å². The molecule has 49 heavy (non-hydrogen) atoms. The number of nitrogens with zero attached hydrogens (tertiary/aromatic N) is 6. The van der Waals surface area contributed by atoms with Crippen LogP contribution in [0.2, 0.25) is 0 Å². The van der Waals surface area contributed by atoms with Crippen molar-refractivity contribution in [2.45, 2.75) is 9.79 Å². The molecule has 4 aromatic rings. The Balaban J connectivity index is 0.000000333. The molecule has 0 aromatic heterocycles. The molecule has 0 unspecified atom stereocenters. The predicted octanol–water partition coefficient (Wildman–Crippen LogP) is 5.82. The summed E-state index contributed by atoms with van der Waals surface area (Å²) in [5.74, 6) is -1.05. The Labute approximate surface area is 285 Å². The van der Waals surface area contributed by atoms with E-state index in [0.29, 0.717) is 0 Å². The van der Waals surface area contributed by atoms with Gasteiger partial charge in [0.1, 0.15) is 22.0 Å². The van der Waals surface area contributed by atoms with Gasteiger partial charge in [-0.05, 0) is 24.3 Å². The summed E-state index contributed by atoms with van der Waals surface area (Å²) in [6.45, 7) is 0. The molecule has 0 atom stereocenters. The third-order valence-corrected chi connectivity index (χ3v) is 7.47. The molecular formula is C24H19CrN10O12S2. The number of non-ortho nitro benzene ring substituents is 2. The Morgan fingerprint density at radius 3 is 1.65 bits per heavy atom. The number of nitrogens with one attached hydrogen (secondary N) is 2. The van der Waals surface area contributed by atoms with Crippen LogP contribution >= 0.6 is 0 Å². The molecule has 0 saturated carbocycles. The summed E-state index contributed by atoms with van der Waals surface area (Å²) in [5, 5.41) is 56.8. The smallest absolute Gasteiger partial charge is 0.871 e. The number of phenols is 1. The third-order valence-electron chi connectivity index (χ3n) is 5.67. The molecule has 0 fully saturated rings. The number of nitrogen functional groups attached to an aromatic ring is 2. The number of nitro groups is 2. The molecule has 9 N–H and O–H groups in total.